The molecule has 0 amide bonds. The number of H-pyrrole nitrogens is 1. The molecule has 0 unspecified atom stereocenters. The molecule has 8 heteroatoms. The molecule has 1 N–H and O–H groups in total. The molecule has 0 radical (unpaired) electrons. The fourth-order valence-electron chi connectivity index (χ4n) is 3.44. The van der Waals surface area contributed by atoms with Crippen LogP contribution in [0.5, 0.6) is 11.5 Å². The molecule has 0 aliphatic heterocycles. The number of esters is 1. The minimum Gasteiger partial charge on any atom is -0.493 e. The summed E-state index contributed by atoms with van der Waals surface area (Å²) in [6, 6.07) is 15.0. The molecule has 0 spiro atoms. The Morgan fingerprint density at radius 1 is 1.03 bits per heavy atom. The van der Waals surface area contributed by atoms with Crippen molar-refractivity contribution in [1.29, 1.82) is 0 Å². The number of ether oxygens (including phenoxy) is 3. The van der Waals surface area contributed by atoms with Crippen LogP contribution in [-0.2, 0) is 17.8 Å². The van der Waals surface area contributed by atoms with E-state index < -0.39 is 5.97 Å². The molecule has 2 aromatic carbocycles. The lowest BCUT2D eigenvalue weighted by atomic mass is 10.1. The van der Waals surface area contributed by atoms with Gasteiger partial charge in [0.25, 0.3) is 5.56 Å². The van der Waals surface area contributed by atoms with Gasteiger partial charge >= 0.3 is 5.97 Å². The van der Waals surface area contributed by atoms with Crippen LogP contribution >= 0.6 is 11.3 Å². The highest BCUT2D eigenvalue weighted by molar-refractivity contribution is 7.20. The van der Waals surface area contributed by atoms with Crippen molar-refractivity contribution >= 4 is 27.5 Å². The zero-order valence-corrected chi connectivity index (χ0v) is 18.7. The smallest absolute Gasteiger partial charge is 0.349 e. The Morgan fingerprint density at radius 2 is 1.78 bits per heavy atom. The van der Waals surface area contributed by atoms with Crippen LogP contribution in [-0.4, -0.2) is 30.2 Å². The van der Waals surface area contributed by atoms with Crippen molar-refractivity contribution in [2.24, 2.45) is 0 Å². The van der Waals surface area contributed by atoms with Gasteiger partial charge in [-0.2, -0.15) is 0 Å². The molecule has 0 aliphatic carbocycles. The number of benzene rings is 2. The van der Waals surface area contributed by atoms with Gasteiger partial charge in [0.1, 0.15) is 22.1 Å². The van der Waals surface area contributed by atoms with E-state index in [0.29, 0.717) is 44.4 Å². The van der Waals surface area contributed by atoms with E-state index in [-0.39, 0.29) is 12.2 Å². The van der Waals surface area contributed by atoms with Crippen molar-refractivity contribution in [3.63, 3.8) is 0 Å². The number of nitrogens with one attached hydrogen (secondary N) is 1. The highest BCUT2D eigenvalue weighted by Gasteiger charge is 2.20. The molecule has 7 nitrogen and oxygen atoms in total. The molecule has 4 rings (SSSR count). The number of aromatic amines is 1. The number of hydrogen-bond acceptors (Lipinski definition) is 7. The Balaban J connectivity index is 1.60. The Kier molecular flexibility index (Phi) is 6.23. The molecule has 0 aliphatic rings. The molecule has 4 aromatic rings. The number of methoxy groups -OCH3 is 2. The SMILES string of the molecule is COc1ccc(Cc2nc3sc(C(=O)OCc4ccccc4)c(C)c3c(=O)[nH]2)cc1OC. The van der Waals surface area contributed by atoms with Gasteiger partial charge in [0.05, 0.1) is 19.6 Å². The van der Waals surface area contributed by atoms with E-state index in [2.05, 4.69) is 9.97 Å². The number of rotatable bonds is 7. The maximum absolute atomic E-state index is 12.8. The van der Waals surface area contributed by atoms with Gasteiger partial charge < -0.3 is 19.2 Å². The van der Waals surface area contributed by atoms with Crippen LogP contribution in [0.3, 0.4) is 0 Å². The first kappa shape index (κ1) is 21.6. The molecule has 0 saturated carbocycles. The van der Waals surface area contributed by atoms with Crippen molar-refractivity contribution in [3.8, 4) is 11.5 Å². The number of carbonyl (C=O) groups excluding carboxylic acids is 1. The fourth-order valence-corrected chi connectivity index (χ4v) is 4.53. The second kappa shape index (κ2) is 9.23. The minimum atomic E-state index is -0.463. The van der Waals surface area contributed by atoms with Gasteiger partial charge in [0.15, 0.2) is 11.5 Å². The van der Waals surface area contributed by atoms with Crippen LogP contribution in [0, 0.1) is 6.92 Å². The average Bonchev–Trinajstić information content (AvgIpc) is 3.14. The molecular formula is C24H22N2O5S. The molecule has 2 aromatic heterocycles. The largest absolute Gasteiger partial charge is 0.493 e. The summed E-state index contributed by atoms with van der Waals surface area (Å²) in [6.07, 6.45) is 0.399. The third-order valence-electron chi connectivity index (χ3n) is 5.07. The van der Waals surface area contributed by atoms with Gasteiger partial charge in [-0.3, -0.25) is 4.79 Å². The maximum Gasteiger partial charge on any atom is 0.349 e. The zero-order chi connectivity index (χ0) is 22.7. The summed E-state index contributed by atoms with van der Waals surface area (Å²) in [5.74, 6) is 1.26. The fraction of sp³-hybridized carbons (Fsp3) is 0.208. The van der Waals surface area contributed by atoms with Crippen molar-refractivity contribution < 1.29 is 19.0 Å². The van der Waals surface area contributed by atoms with Gasteiger partial charge in [0, 0.05) is 6.42 Å². The molecule has 0 bridgehead atoms. The van der Waals surface area contributed by atoms with Crippen LogP contribution in [0.1, 0.15) is 32.2 Å². The van der Waals surface area contributed by atoms with Gasteiger partial charge in [-0.25, -0.2) is 9.78 Å². The number of hydrogen-bond donors (Lipinski definition) is 1. The van der Waals surface area contributed by atoms with E-state index >= 15 is 0 Å². The number of thiophene rings is 1. The van der Waals surface area contributed by atoms with Gasteiger partial charge in [-0.15, -0.1) is 11.3 Å². The summed E-state index contributed by atoms with van der Waals surface area (Å²) in [5, 5.41) is 0.415. The Bertz CT molecular complexity index is 1330. The second-order valence-electron chi connectivity index (χ2n) is 7.18. The summed E-state index contributed by atoms with van der Waals surface area (Å²) in [7, 11) is 3.15. The van der Waals surface area contributed by atoms with E-state index in [4.69, 9.17) is 14.2 Å². The van der Waals surface area contributed by atoms with Crippen molar-refractivity contribution in [3.05, 3.63) is 86.3 Å². The van der Waals surface area contributed by atoms with E-state index in [1.165, 1.54) is 11.3 Å². The third kappa shape index (κ3) is 4.36. The van der Waals surface area contributed by atoms with E-state index in [1.54, 1.807) is 27.2 Å². The van der Waals surface area contributed by atoms with Crippen molar-refractivity contribution in [1.82, 2.24) is 9.97 Å². The summed E-state index contributed by atoms with van der Waals surface area (Å²) >= 11 is 1.17. The minimum absolute atomic E-state index is 0.168. The van der Waals surface area contributed by atoms with Crippen LogP contribution in [0.2, 0.25) is 0 Å². The summed E-state index contributed by atoms with van der Waals surface area (Å²) < 4.78 is 16.0. The molecule has 0 fully saturated rings. The van der Waals surface area contributed by atoms with Crippen LogP contribution in [0.25, 0.3) is 10.2 Å². The predicted molar refractivity (Wildman–Crippen MR) is 123 cm³/mol. The first-order valence-corrected chi connectivity index (χ1v) is 10.8. The van der Waals surface area contributed by atoms with Gasteiger partial charge in [-0.1, -0.05) is 36.4 Å². The maximum atomic E-state index is 12.8. The average molecular weight is 451 g/mol. The molecule has 164 valence electrons. The monoisotopic (exact) mass is 450 g/mol. The summed E-state index contributed by atoms with van der Waals surface area (Å²) in [6.45, 7) is 1.91. The molecule has 0 atom stereocenters. The van der Waals surface area contributed by atoms with Gasteiger partial charge in [-0.05, 0) is 35.7 Å². The first-order chi connectivity index (χ1) is 15.5. The van der Waals surface area contributed by atoms with E-state index in [9.17, 15) is 9.59 Å². The number of nitrogens with zero attached hydrogens (tertiary/aromatic N) is 1. The summed E-state index contributed by atoms with van der Waals surface area (Å²) in [5.41, 5.74) is 2.10. The normalized spacial score (nSPS) is 10.8. The van der Waals surface area contributed by atoms with Crippen molar-refractivity contribution in [2.75, 3.05) is 14.2 Å². The Hall–Kier alpha value is -3.65. The van der Waals surface area contributed by atoms with Crippen LogP contribution in [0.15, 0.2) is 53.3 Å². The second-order valence-corrected chi connectivity index (χ2v) is 8.18. The number of carbonyl (C=O) groups is 1. The van der Waals surface area contributed by atoms with E-state index in [1.807, 2.05) is 42.5 Å². The highest BCUT2D eigenvalue weighted by atomic mass is 32.1. The highest BCUT2D eigenvalue weighted by Crippen LogP contribution is 2.30. The first-order valence-electron chi connectivity index (χ1n) is 9.94. The number of fused-ring (bicyclic) bond motifs is 1. The number of aromatic nitrogens is 2. The lowest BCUT2D eigenvalue weighted by Gasteiger charge is -2.09. The third-order valence-corrected chi connectivity index (χ3v) is 6.23. The standard InChI is InChI=1S/C24H22N2O5S/c1-14-20-22(27)25-19(12-16-9-10-17(29-2)18(11-16)30-3)26-23(20)32-21(14)24(28)31-13-15-7-5-4-6-8-15/h4-11H,12-13H2,1-3H3,(H,25,26,27). The molecular weight excluding hydrogens is 428 g/mol. The lowest BCUT2D eigenvalue weighted by molar-refractivity contribution is 0.0478. The number of aryl methyl sites for hydroxylation is 1. The van der Waals surface area contributed by atoms with E-state index in [0.717, 1.165) is 11.1 Å². The lowest BCUT2D eigenvalue weighted by Crippen LogP contribution is -2.12. The Labute approximate surface area is 188 Å². The summed E-state index contributed by atoms with van der Waals surface area (Å²) in [4.78, 5) is 33.7. The van der Waals surface area contributed by atoms with Crippen LogP contribution in [0.4, 0.5) is 0 Å². The van der Waals surface area contributed by atoms with Gasteiger partial charge in [0.2, 0.25) is 0 Å². The molecule has 0 saturated heterocycles. The quantitative estimate of drug-likeness (QED) is 0.423. The van der Waals surface area contributed by atoms with Crippen LogP contribution < -0.4 is 15.0 Å². The molecule has 2 heterocycles. The predicted octanol–water partition coefficient (Wildman–Crippen LogP) is 4.26. The zero-order valence-electron chi connectivity index (χ0n) is 17.9. The molecule has 32 heavy (non-hydrogen) atoms. The van der Waals surface area contributed by atoms with Crippen molar-refractivity contribution in [2.45, 2.75) is 20.0 Å². The topological polar surface area (TPSA) is 90.5 Å². The Morgan fingerprint density at radius 3 is 2.50 bits per heavy atom.